The van der Waals surface area contributed by atoms with Crippen LogP contribution < -0.4 is 5.32 Å². The minimum Gasteiger partial charge on any atom is -0.480 e. The Morgan fingerprint density at radius 3 is 2.48 bits per heavy atom. The average molecular weight is 367 g/mol. The fourth-order valence-corrected chi connectivity index (χ4v) is 3.73. The number of aliphatic carboxylic acids is 1. The monoisotopic (exact) mass is 366 g/mol. The lowest BCUT2D eigenvalue weighted by atomic mass is 10.3. The SMILES string of the molecule is CC(=O)NCCN(C(C)C(=O)O)S(=O)(=O)c1cc(F)cc(Cl)c1. The molecule has 1 aromatic rings. The molecule has 0 saturated carbocycles. The van der Waals surface area contributed by atoms with Crippen LogP contribution in [0.1, 0.15) is 13.8 Å². The van der Waals surface area contributed by atoms with Gasteiger partial charge in [0.2, 0.25) is 15.9 Å². The van der Waals surface area contributed by atoms with E-state index in [1.165, 1.54) is 13.8 Å². The predicted molar refractivity (Wildman–Crippen MR) is 81.1 cm³/mol. The number of nitrogens with zero attached hydrogens (tertiary/aromatic N) is 1. The van der Waals surface area contributed by atoms with Crippen LogP contribution in [0.4, 0.5) is 4.39 Å². The van der Waals surface area contributed by atoms with Crippen LogP contribution in [0.2, 0.25) is 5.02 Å². The van der Waals surface area contributed by atoms with Crippen molar-refractivity contribution >= 4 is 33.5 Å². The number of rotatable bonds is 7. The largest absolute Gasteiger partial charge is 0.480 e. The average Bonchev–Trinajstić information content (AvgIpc) is 2.41. The number of halogens is 2. The van der Waals surface area contributed by atoms with Crippen molar-refractivity contribution in [3.05, 3.63) is 29.0 Å². The topological polar surface area (TPSA) is 104 Å². The maximum absolute atomic E-state index is 13.4. The molecule has 1 aromatic carbocycles. The molecule has 0 fully saturated rings. The summed E-state index contributed by atoms with van der Waals surface area (Å²) in [7, 11) is -4.31. The maximum Gasteiger partial charge on any atom is 0.321 e. The van der Waals surface area contributed by atoms with Crippen molar-refractivity contribution in [3.63, 3.8) is 0 Å². The zero-order valence-electron chi connectivity index (χ0n) is 12.4. The summed E-state index contributed by atoms with van der Waals surface area (Å²) in [5.74, 6) is -2.63. The molecule has 2 N–H and O–H groups in total. The number of nitrogens with one attached hydrogen (secondary N) is 1. The van der Waals surface area contributed by atoms with Crippen molar-refractivity contribution in [2.24, 2.45) is 0 Å². The molecule has 23 heavy (non-hydrogen) atoms. The van der Waals surface area contributed by atoms with Crippen LogP contribution in [0, 0.1) is 5.82 Å². The summed E-state index contributed by atoms with van der Waals surface area (Å²) < 4.78 is 39.2. The highest BCUT2D eigenvalue weighted by Gasteiger charge is 2.33. The van der Waals surface area contributed by atoms with Gasteiger partial charge in [0.1, 0.15) is 11.9 Å². The minimum atomic E-state index is -4.31. The van der Waals surface area contributed by atoms with Crippen LogP contribution in [0.15, 0.2) is 23.1 Å². The number of carboxylic acid groups (broad SMARTS) is 1. The molecular formula is C13H16ClFN2O5S. The van der Waals surface area contributed by atoms with Gasteiger partial charge >= 0.3 is 5.97 Å². The number of benzene rings is 1. The molecule has 0 heterocycles. The molecular weight excluding hydrogens is 351 g/mol. The molecule has 1 atom stereocenters. The Hall–Kier alpha value is -1.71. The first-order valence-corrected chi connectivity index (χ1v) is 8.32. The van der Waals surface area contributed by atoms with Crippen LogP contribution in [-0.4, -0.2) is 48.8 Å². The zero-order valence-corrected chi connectivity index (χ0v) is 14.0. The lowest BCUT2D eigenvalue weighted by molar-refractivity contribution is -0.140. The molecule has 10 heteroatoms. The molecule has 7 nitrogen and oxygen atoms in total. The maximum atomic E-state index is 13.4. The van der Waals surface area contributed by atoms with E-state index in [2.05, 4.69) is 5.32 Å². The normalized spacial score (nSPS) is 12.9. The van der Waals surface area contributed by atoms with Gasteiger partial charge in [-0.1, -0.05) is 11.6 Å². The van der Waals surface area contributed by atoms with Crippen molar-refractivity contribution in [2.45, 2.75) is 24.8 Å². The molecule has 0 radical (unpaired) electrons. The van der Waals surface area contributed by atoms with E-state index in [0.717, 1.165) is 18.2 Å². The summed E-state index contributed by atoms with van der Waals surface area (Å²) in [5, 5.41) is 11.3. The third kappa shape index (κ3) is 5.15. The van der Waals surface area contributed by atoms with E-state index >= 15 is 0 Å². The Bertz CT molecular complexity index is 690. The van der Waals surface area contributed by atoms with Crippen LogP contribution >= 0.6 is 11.6 Å². The van der Waals surface area contributed by atoms with Gasteiger partial charge in [-0.3, -0.25) is 9.59 Å². The number of carbonyl (C=O) groups is 2. The third-order valence-electron chi connectivity index (χ3n) is 2.94. The van der Waals surface area contributed by atoms with Crippen LogP contribution in [0.5, 0.6) is 0 Å². The summed E-state index contributed by atoms with van der Waals surface area (Å²) in [6, 6.07) is 1.31. The Morgan fingerprint density at radius 1 is 1.39 bits per heavy atom. The van der Waals surface area contributed by atoms with Gasteiger partial charge in [0.15, 0.2) is 0 Å². The van der Waals surface area contributed by atoms with Gasteiger partial charge in [-0.15, -0.1) is 0 Å². The van der Waals surface area contributed by atoms with E-state index in [1.807, 2.05) is 0 Å². The van der Waals surface area contributed by atoms with E-state index in [0.29, 0.717) is 4.31 Å². The van der Waals surface area contributed by atoms with Crippen molar-refractivity contribution in [1.29, 1.82) is 0 Å². The lowest BCUT2D eigenvalue weighted by Crippen LogP contribution is -2.46. The Kier molecular flexibility index (Phi) is 6.48. The molecule has 0 saturated heterocycles. The summed E-state index contributed by atoms with van der Waals surface area (Å²) in [4.78, 5) is 21.6. The molecule has 0 bridgehead atoms. The number of hydrogen-bond donors (Lipinski definition) is 2. The fraction of sp³-hybridized carbons (Fsp3) is 0.385. The van der Waals surface area contributed by atoms with Gasteiger partial charge in [0, 0.05) is 25.0 Å². The standard InChI is InChI=1S/C13H16ClFN2O5S/c1-8(13(19)20)17(4-3-16-9(2)18)23(21,22)12-6-10(14)5-11(15)7-12/h5-8H,3-4H2,1-2H3,(H,16,18)(H,19,20). The lowest BCUT2D eigenvalue weighted by Gasteiger charge is -2.25. The van der Waals surface area contributed by atoms with Crippen LogP contribution in [-0.2, 0) is 19.6 Å². The van der Waals surface area contributed by atoms with Crippen LogP contribution in [0.25, 0.3) is 0 Å². The Morgan fingerprint density at radius 2 is 2.00 bits per heavy atom. The quantitative estimate of drug-likeness (QED) is 0.751. The van der Waals surface area contributed by atoms with Crippen molar-refractivity contribution in [1.82, 2.24) is 9.62 Å². The van der Waals surface area contributed by atoms with E-state index < -0.39 is 32.7 Å². The van der Waals surface area contributed by atoms with Gasteiger partial charge < -0.3 is 10.4 Å². The first-order valence-electron chi connectivity index (χ1n) is 6.51. The fourth-order valence-electron chi connectivity index (χ4n) is 1.80. The second kappa shape index (κ2) is 7.71. The van der Waals surface area contributed by atoms with E-state index in [-0.39, 0.29) is 24.0 Å². The third-order valence-corrected chi connectivity index (χ3v) is 5.10. The first-order chi connectivity index (χ1) is 10.6. The first kappa shape index (κ1) is 19.3. The molecule has 0 aliphatic carbocycles. The number of amides is 1. The summed E-state index contributed by atoms with van der Waals surface area (Å²) >= 11 is 5.65. The summed E-state index contributed by atoms with van der Waals surface area (Å²) in [6.07, 6.45) is 0. The molecule has 0 spiro atoms. The van der Waals surface area contributed by atoms with Crippen molar-refractivity contribution in [3.8, 4) is 0 Å². The van der Waals surface area contributed by atoms with Crippen LogP contribution in [0.3, 0.4) is 0 Å². The second-order valence-corrected chi connectivity index (χ2v) is 7.05. The van der Waals surface area contributed by atoms with Gasteiger partial charge in [0.25, 0.3) is 0 Å². The molecule has 0 aliphatic heterocycles. The molecule has 1 amide bonds. The number of carbonyl (C=O) groups excluding carboxylic acids is 1. The zero-order chi connectivity index (χ0) is 17.8. The molecule has 0 aromatic heterocycles. The second-order valence-electron chi connectivity index (χ2n) is 4.72. The smallest absolute Gasteiger partial charge is 0.321 e. The molecule has 128 valence electrons. The molecule has 1 rings (SSSR count). The van der Waals surface area contributed by atoms with Gasteiger partial charge in [-0.2, -0.15) is 4.31 Å². The number of sulfonamides is 1. The van der Waals surface area contributed by atoms with Gasteiger partial charge in [-0.05, 0) is 25.1 Å². The summed E-state index contributed by atoms with van der Waals surface area (Å²) in [6.45, 7) is 2.04. The Balaban J connectivity index is 3.21. The highest BCUT2D eigenvalue weighted by Crippen LogP contribution is 2.23. The van der Waals surface area contributed by atoms with Gasteiger partial charge in [0.05, 0.1) is 4.90 Å². The minimum absolute atomic E-state index is 0.0881. The summed E-state index contributed by atoms with van der Waals surface area (Å²) in [5.41, 5.74) is 0. The highest BCUT2D eigenvalue weighted by atomic mass is 35.5. The van der Waals surface area contributed by atoms with E-state index in [1.54, 1.807) is 0 Å². The highest BCUT2D eigenvalue weighted by molar-refractivity contribution is 7.89. The van der Waals surface area contributed by atoms with Crippen molar-refractivity contribution in [2.75, 3.05) is 13.1 Å². The molecule has 0 aliphatic rings. The number of carboxylic acids is 1. The Labute approximate surface area is 138 Å². The molecule has 1 unspecified atom stereocenters. The number of hydrogen-bond acceptors (Lipinski definition) is 4. The van der Waals surface area contributed by atoms with E-state index in [9.17, 15) is 22.4 Å². The van der Waals surface area contributed by atoms with Crippen molar-refractivity contribution < 1.29 is 27.5 Å². The van der Waals surface area contributed by atoms with E-state index in [4.69, 9.17) is 16.7 Å². The predicted octanol–water partition coefficient (Wildman–Crippen LogP) is 1.08. The van der Waals surface area contributed by atoms with Gasteiger partial charge in [-0.25, -0.2) is 12.8 Å².